The van der Waals surface area contributed by atoms with Crippen LogP contribution in [0.5, 0.6) is 0 Å². The van der Waals surface area contributed by atoms with Crippen molar-refractivity contribution in [2.24, 2.45) is 0 Å². The van der Waals surface area contributed by atoms with E-state index in [9.17, 15) is 9.59 Å². The summed E-state index contributed by atoms with van der Waals surface area (Å²) < 4.78 is 0. The normalized spacial score (nSPS) is 12.5. The van der Waals surface area contributed by atoms with Crippen molar-refractivity contribution in [1.29, 1.82) is 0 Å². The summed E-state index contributed by atoms with van der Waals surface area (Å²) in [5.41, 5.74) is 0.643. The highest BCUT2D eigenvalue weighted by Gasteiger charge is 2.13. The number of H-pyrrole nitrogens is 1. The van der Waals surface area contributed by atoms with Gasteiger partial charge >= 0.3 is 0 Å². The number of aromatic nitrogens is 1. The van der Waals surface area contributed by atoms with Crippen LogP contribution in [0.4, 0.5) is 0 Å². The molecular formula is C12H19N3O2. The molecule has 1 rings (SSSR count). The van der Waals surface area contributed by atoms with Crippen molar-refractivity contribution in [3.63, 3.8) is 0 Å². The maximum absolute atomic E-state index is 11.8. The smallest absolute Gasteiger partial charge is 0.256 e. The summed E-state index contributed by atoms with van der Waals surface area (Å²) in [4.78, 5) is 28.3. The minimum absolute atomic E-state index is 0.00166. The monoisotopic (exact) mass is 237 g/mol. The number of carbonyl (C=O) groups is 1. The highest BCUT2D eigenvalue weighted by atomic mass is 16.2. The standard InChI is InChI=1S/C12H19N3O2/c1-8-5-11(16)10(6-13-8)12(17)14-9(2)7-15(3)4/h5-6,9H,7H2,1-4H3,(H,13,16)(H,14,17). The van der Waals surface area contributed by atoms with Crippen molar-refractivity contribution in [1.82, 2.24) is 15.2 Å². The van der Waals surface area contributed by atoms with Crippen molar-refractivity contribution >= 4 is 5.91 Å². The van der Waals surface area contributed by atoms with Gasteiger partial charge in [0.2, 0.25) is 0 Å². The van der Waals surface area contributed by atoms with E-state index >= 15 is 0 Å². The number of hydrogen-bond donors (Lipinski definition) is 2. The molecule has 5 nitrogen and oxygen atoms in total. The Hall–Kier alpha value is -1.62. The number of pyridine rings is 1. The first-order chi connectivity index (χ1) is 7.90. The molecule has 0 bridgehead atoms. The number of aryl methyl sites for hydroxylation is 1. The van der Waals surface area contributed by atoms with E-state index in [1.54, 1.807) is 6.92 Å². The van der Waals surface area contributed by atoms with Gasteiger partial charge in [0, 0.05) is 30.5 Å². The summed E-state index contributed by atoms with van der Waals surface area (Å²) in [7, 11) is 3.86. The van der Waals surface area contributed by atoms with Crippen LogP contribution < -0.4 is 10.7 Å². The molecular weight excluding hydrogens is 218 g/mol. The number of carbonyl (C=O) groups excluding carboxylic acids is 1. The zero-order valence-corrected chi connectivity index (χ0v) is 10.7. The van der Waals surface area contributed by atoms with Crippen molar-refractivity contribution in [2.75, 3.05) is 20.6 Å². The Morgan fingerprint density at radius 2 is 2.18 bits per heavy atom. The van der Waals surface area contributed by atoms with E-state index in [4.69, 9.17) is 0 Å². The summed E-state index contributed by atoms with van der Waals surface area (Å²) in [5, 5.41) is 2.79. The van der Waals surface area contributed by atoms with Crippen molar-refractivity contribution in [3.8, 4) is 0 Å². The van der Waals surface area contributed by atoms with Crippen LogP contribution in [-0.2, 0) is 0 Å². The first-order valence-corrected chi connectivity index (χ1v) is 5.55. The predicted molar refractivity (Wildman–Crippen MR) is 67.3 cm³/mol. The Labute approximate surface area is 101 Å². The molecule has 0 spiro atoms. The van der Waals surface area contributed by atoms with Gasteiger partial charge < -0.3 is 15.2 Å². The topological polar surface area (TPSA) is 65.2 Å². The van der Waals surface area contributed by atoms with E-state index in [0.29, 0.717) is 0 Å². The maximum Gasteiger partial charge on any atom is 0.256 e. The molecule has 94 valence electrons. The molecule has 1 amide bonds. The highest BCUT2D eigenvalue weighted by Crippen LogP contribution is 1.94. The Kier molecular flexibility index (Phi) is 4.45. The molecule has 0 fully saturated rings. The molecule has 0 saturated carbocycles. The fraction of sp³-hybridized carbons (Fsp3) is 0.500. The molecule has 0 radical (unpaired) electrons. The van der Waals surface area contributed by atoms with Crippen LogP contribution >= 0.6 is 0 Å². The summed E-state index contributed by atoms with van der Waals surface area (Å²) in [6.45, 7) is 4.41. The van der Waals surface area contributed by atoms with E-state index in [0.717, 1.165) is 12.2 Å². The lowest BCUT2D eigenvalue weighted by Crippen LogP contribution is -2.41. The van der Waals surface area contributed by atoms with E-state index in [-0.39, 0.29) is 22.9 Å². The first kappa shape index (κ1) is 13.4. The van der Waals surface area contributed by atoms with Crippen LogP contribution in [0, 0.1) is 6.92 Å². The molecule has 0 aliphatic heterocycles. The summed E-state index contributed by atoms with van der Waals surface area (Å²) in [5.74, 6) is -0.333. The number of likely N-dealkylation sites (N-methyl/N-ethyl adjacent to an activating group) is 1. The van der Waals surface area contributed by atoms with Gasteiger partial charge in [-0.15, -0.1) is 0 Å². The Morgan fingerprint density at radius 1 is 1.53 bits per heavy atom. The second-order valence-electron chi connectivity index (χ2n) is 4.53. The lowest BCUT2D eigenvalue weighted by molar-refractivity contribution is 0.0933. The van der Waals surface area contributed by atoms with Crippen LogP contribution in [-0.4, -0.2) is 42.5 Å². The van der Waals surface area contributed by atoms with Crippen molar-refractivity contribution < 1.29 is 4.79 Å². The number of hydrogen-bond acceptors (Lipinski definition) is 3. The van der Waals surface area contributed by atoms with Gasteiger partial charge in [0.25, 0.3) is 5.91 Å². The Morgan fingerprint density at radius 3 is 2.71 bits per heavy atom. The van der Waals surface area contributed by atoms with Gasteiger partial charge in [0.05, 0.1) is 0 Å². The van der Waals surface area contributed by atoms with Crippen LogP contribution in [0.1, 0.15) is 23.0 Å². The van der Waals surface area contributed by atoms with E-state index < -0.39 is 0 Å². The molecule has 17 heavy (non-hydrogen) atoms. The van der Waals surface area contributed by atoms with E-state index in [2.05, 4.69) is 10.3 Å². The van der Waals surface area contributed by atoms with Gasteiger partial charge in [0.1, 0.15) is 5.56 Å². The lowest BCUT2D eigenvalue weighted by Gasteiger charge is -2.18. The molecule has 1 heterocycles. The third-order valence-electron chi connectivity index (χ3n) is 2.32. The average Bonchev–Trinajstić information content (AvgIpc) is 2.15. The number of amides is 1. The second-order valence-corrected chi connectivity index (χ2v) is 4.53. The second kappa shape index (κ2) is 5.63. The third kappa shape index (κ3) is 4.03. The molecule has 1 atom stereocenters. The largest absolute Gasteiger partial charge is 0.364 e. The van der Waals surface area contributed by atoms with Gasteiger partial charge in [0.15, 0.2) is 5.43 Å². The van der Waals surface area contributed by atoms with Gasteiger partial charge in [-0.1, -0.05) is 0 Å². The van der Waals surface area contributed by atoms with Crippen LogP contribution in [0.2, 0.25) is 0 Å². The zero-order chi connectivity index (χ0) is 13.0. The molecule has 0 aliphatic rings. The van der Waals surface area contributed by atoms with Crippen molar-refractivity contribution in [2.45, 2.75) is 19.9 Å². The number of nitrogens with zero attached hydrogens (tertiary/aromatic N) is 1. The first-order valence-electron chi connectivity index (χ1n) is 5.55. The minimum atomic E-state index is -0.333. The average molecular weight is 237 g/mol. The van der Waals surface area contributed by atoms with Gasteiger partial charge in [-0.3, -0.25) is 9.59 Å². The molecule has 1 unspecified atom stereocenters. The number of aromatic amines is 1. The van der Waals surface area contributed by atoms with Crippen LogP contribution in [0.3, 0.4) is 0 Å². The summed E-state index contributed by atoms with van der Waals surface area (Å²) in [6, 6.07) is 1.42. The maximum atomic E-state index is 11.8. The van der Waals surface area contributed by atoms with Gasteiger partial charge in [-0.2, -0.15) is 0 Å². The fourth-order valence-corrected chi connectivity index (χ4v) is 1.65. The van der Waals surface area contributed by atoms with E-state index in [1.165, 1.54) is 12.3 Å². The SMILES string of the molecule is Cc1cc(=O)c(C(=O)NC(C)CN(C)C)c[nH]1. The lowest BCUT2D eigenvalue weighted by atomic mass is 10.2. The summed E-state index contributed by atoms with van der Waals surface area (Å²) in [6.07, 6.45) is 1.45. The Bertz CT molecular complexity index is 451. The molecule has 1 aromatic heterocycles. The van der Waals surface area contributed by atoms with Gasteiger partial charge in [-0.05, 0) is 27.9 Å². The fourth-order valence-electron chi connectivity index (χ4n) is 1.65. The third-order valence-corrected chi connectivity index (χ3v) is 2.32. The molecule has 0 aliphatic carbocycles. The molecule has 2 N–H and O–H groups in total. The van der Waals surface area contributed by atoms with Crippen LogP contribution in [0.15, 0.2) is 17.1 Å². The quantitative estimate of drug-likeness (QED) is 0.795. The van der Waals surface area contributed by atoms with E-state index in [1.807, 2.05) is 25.9 Å². The summed E-state index contributed by atoms with van der Waals surface area (Å²) >= 11 is 0. The Balaban J connectivity index is 2.73. The van der Waals surface area contributed by atoms with Crippen molar-refractivity contribution in [3.05, 3.63) is 33.7 Å². The molecule has 0 saturated heterocycles. The predicted octanol–water partition coefficient (Wildman–Crippen LogP) is 0.363. The molecule has 0 aromatic carbocycles. The zero-order valence-electron chi connectivity index (χ0n) is 10.7. The molecule has 5 heteroatoms. The minimum Gasteiger partial charge on any atom is -0.364 e. The molecule has 1 aromatic rings. The number of rotatable bonds is 4. The highest BCUT2D eigenvalue weighted by molar-refractivity contribution is 5.93. The van der Waals surface area contributed by atoms with Gasteiger partial charge in [-0.25, -0.2) is 0 Å². The van der Waals surface area contributed by atoms with Crippen LogP contribution in [0.25, 0.3) is 0 Å². The number of nitrogens with one attached hydrogen (secondary N) is 2.